The maximum absolute atomic E-state index is 5.74. The first-order chi connectivity index (χ1) is 9.99. The second-order valence-corrected chi connectivity index (χ2v) is 4.47. The van der Waals surface area contributed by atoms with Crippen LogP contribution in [0.1, 0.15) is 13.8 Å². The Bertz CT molecular complexity index is 549. The summed E-state index contributed by atoms with van der Waals surface area (Å²) in [4.78, 5) is 0. The number of nitrogens with two attached hydrogens (primary N) is 4. The monoisotopic (exact) mass is 432 g/mol. The summed E-state index contributed by atoms with van der Waals surface area (Å²) in [6.45, 7) is 5.67. The van der Waals surface area contributed by atoms with Crippen molar-refractivity contribution in [2.45, 2.75) is 13.8 Å². The normalized spacial score (nSPS) is 8.24. The van der Waals surface area contributed by atoms with Crippen molar-refractivity contribution in [3.8, 4) is 11.1 Å². The van der Waals surface area contributed by atoms with Gasteiger partial charge in [0.25, 0.3) is 0 Å². The highest BCUT2D eigenvalue weighted by Gasteiger charge is 2.02. The molecule has 0 saturated heterocycles. The van der Waals surface area contributed by atoms with Crippen LogP contribution in [0.4, 0.5) is 22.7 Å². The molecule has 0 atom stereocenters. The SMILES string of the molecule is CCOCC.Cl.Cl.Cl.Cl.Nc1ccc(-c2ccc(N)c(N)c2)cc1N. The predicted octanol–water partition coefficient (Wildman–Crippen LogP) is 4.41. The molecular formula is C16H28Cl4N4O. The Labute approximate surface area is 174 Å². The first-order valence-corrected chi connectivity index (χ1v) is 6.87. The Morgan fingerprint density at radius 3 is 1.12 bits per heavy atom. The number of rotatable bonds is 3. The van der Waals surface area contributed by atoms with E-state index in [-0.39, 0.29) is 49.6 Å². The molecule has 0 amide bonds. The highest BCUT2D eigenvalue weighted by atomic mass is 35.5. The fraction of sp³-hybridized carbons (Fsp3) is 0.250. The summed E-state index contributed by atoms with van der Waals surface area (Å²) in [5.41, 5.74) is 27.0. The Balaban J connectivity index is -0.000000219. The summed E-state index contributed by atoms with van der Waals surface area (Å²) in [6, 6.07) is 11.0. The number of ether oxygens (including phenoxy) is 1. The van der Waals surface area contributed by atoms with Gasteiger partial charge in [-0.2, -0.15) is 0 Å². The molecule has 0 unspecified atom stereocenters. The van der Waals surface area contributed by atoms with Crippen LogP contribution in [-0.2, 0) is 4.74 Å². The Morgan fingerprint density at radius 1 is 0.600 bits per heavy atom. The molecule has 146 valence electrons. The van der Waals surface area contributed by atoms with E-state index < -0.39 is 0 Å². The third-order valence-electron chi connectivity index (χ3n) is 2.92. The Kier molecular flexibility index (Phi) is 20.5. The van der Waals surface area contributed by atoms with E-state index in [4.69, 9.17) is 27.7 Å². The molecule has 2 rings (SSSR count). The van der Waals surface area contributed by atoms with Crippen LogP contribution in [0.15, 0.2) is 36.4 Å². The van der Waals surface area contributed by atoms with Gasteiger partial charge in [0.2, 0.25) is 0 Å². The van der Waals surface area contributed by atoms with Gasteiger partial charge in [0.1, 0.15) is 0 Å². The molecule has 0 saturated carbocycles. The minimum absolute atomic E-state index is 0. The van der Waals surface area contributed by atoms with Crippen molar-refractivity contribution in [3.05, 3.63) is 36.4 Å². The van der Waals surface area contributed by atoms with E-state index in [9.17, 15) is 0 Å². The molecule has 0 aliphatic carbocycles. The maximum atomic E-state index is 5.74. The highest BCUT2D eigenvalue weighted by Crippen LogP contribution is 2.28. The van der Waals surface area contributed by atoms with E-state index >= 15 is 0 Å². The molecule has 0 fully saturated rings. The third-order valence-corrected chi connectivity index (χ3v) is 2.92. The van der Waals surface area contributed by atoms with Crippen LogP contribution in [0.3, 0.4) is 0 Å². The van der Waals surface area contributed by atoms with Crippen LogP contribution in [0.25, 0.3) is 11.1 Å². The first kappa shape index (κ1) is 31.5. The van der Waals surface area contributed by atoms with Gasteiger partial charge in [-0.25, -0.2) is 0 Å². The topological polar surface area (TPSA) is 113 Å². The van der Waals surface area contributed by atoms with Crippen molar-refractivity contribution in [2.75, 3.05) is 36.1 Å². The first-order valence-electron chi connectivity index (χ1n) is 6.87. The van der Waals surface area contributed by atoms with Gasteiger partial charge < -0.3 is 27.7 Å². The van der Waals surface area contributed by atoms with Gasteiger partial charge in [0, 0.05) is 13.2 Å². The fourth-order valence-corrected chi connectivity index (χ4v) is 1.71. The molecule has 0 aliphatic heterocycles. The lowest BCUT2D eigenvalue weighted by molar-refractivity contribution is 0.162. The van der Waals surface area contributed by atoms with Gasteiger partial charge in [-0.1, -0.05) is 12.1 Å². The Hall–Kier alpha value is -1.24. The van der Waals surface area contributed by atoms with Crippen molar-refractivity contribution in [3.63, 3.8) is 0 Å². The van der Waals surface area contributed by atoms with E-state index in [1.165, 1.54) is 0 Å². The number of anilines is 4. The quantitative estimate of drug-likeness (QED) is 0.535. The summed E-state index contributed by atoms with van der Waals surface area (Å²) < 4.78 is 4.83. The van der Waals surface area contributed by atoms with E-state index in [0.717, 1.165) is 24.3 Å². The molecule has 0 spiro atoms. The molecule has 0 heterocycles. The van der Waals surface area contributed by atoms with Crippen molar-refractivity contribution in [1.82, 2.24) is 0 Å². The molecule has 8 N–H and O–H groups in total. The lowest BCUT2D eigenvalue weighted by Gasteiger charge is -2.07. The van der Waals surface area contributed by atoms with Crippen molar-refractivity contribution >= 4 is 72.4 Å². The van der Waals surface area contributed by atoms with Crippen molar-refractivity contribution < 1.29 is 4.74 Å². The van der Waals surface area contributed by atoms with Crippen LogP contribution in [0, 0.1) is 0 Å². The molecule has 0 aromatic heterocycles. The lowest BCUT2D eigenvalue weighted by Crippen LogP contribution is -1.96. The fourth-order valence-electron chi connectivity index (χ4n) is 1.71. The number of hydrogen-bond donors (Lipinski definition) is 4. The second-order valence-electron chi connectivity index (χ2n) is 4.47. The number of benzene rings is 2. The van der Waals surface area contributed by atoms with Crippen LogP contribution in [-0.4, -0.2) is 13.2 Å². The van der Waals surface area contributed by atoms with E-state index in [1.54, 1.807) is 12.1 Å². The van der Waals surface area contributed by atoms with Crippen molar-refractivity contribution in [2.24, 2.45) is 0 Å². The number of hydrogen-bond acceptors (Lipinski definition) is 5. The molecule has 0 bridgehead atoms. The standard InChI is InChI=1S/C12H14N4.C4H10O.4ClH/c13-9-3-1-7(5-11(9)15)8-2-4-10(14)12(16)6-8;1-3-5-4-2;;;;/h1-6H,13-16H2;3-4H2,1-2H3;4*1H. The summed E-state index contributed by atoms with van der Waals surface area (Å²) in [5.74, 6) is 0. The zero-order valence-electron chi connectivity index (χ0n) is 14.2. The van der Waals surface area contributed by atoms with Gasteiger partial charge in [-0.3, -0.25) is 0 Å². The average Bonchev–Trinajstić information content (AvgIpc) is 2.46. The second kappa shape index (κ2) is 16.2. The number of nitrogen functional groups attached to an aromatic ring is 4. The van der Waals surface area contributed by atoms with Gasteiger partial charge in [0.05, 0.1) is 22.7 Å². The summed E-state index contributed by atoms with van der Waals surface area (Å²) >= 11 is 0. The van der Waals surface area contributed by atoms with Gasteiger partial charge >= 0.3 is 0 Å². The molecule has 0 aliphatic rings. The minimum atomic E-state index is 0. The van der Waals surface area contributed by atoms with E-state index in [2.05, 4.69) is 0 Å². The molecule has 2 aromatic carbocycles. The zero-order valence-corrected chi connectivity index (χ0v) is 17.5. The van der Waals surface area contributed by atoms with E-state index in [1.807, 2.05) is 38.1 Å². The molecular weight excluding hydrogens is 406 g/mol. The van der Waals surface area contributed by atoms with E-state index in [0.29, 0.717) is 22.7 Å². The molecule has 5 nitrogen and oxygen atoms in total. The minimum Gasteiger partial charge on any atom is -0.397 e. The van der Waals surface area contributed by atoms with Crippen LogP contribution in [0.5, 0.6) is 0 Å². The largest absolute Gasteiger partial charge is 0.397 e. The maximum Gasteiger partial charge on any atom is 0.0554 e. The summed E-state index contributed by atoms with van der Waals surface area (Å²) in [6.07, 6.45) is 0. The molecule has 25 heavy (non-hydrogen) atoms. The van der Waals surface area contributed by atoms with Crippen LogP contribution in [0.2, 0.25) is 0 Å². The van der Waals surface area contributed by atoms with Gasteiger partial charge in [-0.15, -0.1) is 49.6 Å². The van der Waals surface area contributed by atoms with Gasteiger partial charge in [-0.05, 0) is 49.2 Å². The highest BCUT2D eigenvalue weighted by molar-refractivity contribution is 5.86. The van der Waals surface area contributed by atoms with Crippen LogP contribution >= 0.6 is 49.6 Å². The van der Waals surface area contributed by atoms with Crippen LogP contribution < -0.4 is 22.9 Å². The third kappa shape index (κ3) is 10.4. The summed E-state index contributed by atoms with van der Waals surface area (Å²) in [5, 5.41) is 0. The summed E-state index contributed by atoms with van der Waals surface area (Å²) in [7, 11) is 0. The smallest absolute Gasteiger partial charge is 0.0554 e. The average molecular weight is 434 g/mol. The molecule has 2 aromatic rings. The van der Waals surface area contributed by atoms with Gasteiger partial charge in [0.15, 0.2) is 0 Å². The lowest BCUT2D eigenvalue weighted by atomic mass is 10.0. The zero-order chi connectivity index (χ0) is 15.8. The van der Waals surface area contributed by atoms with Crippen molar-refractivity contribution in [1.29, 1.82) is 0 Å². The molecule has 9 heteroatoms. The Morgan fingerprint density at radius 2 is 0.920 bits per heavy atom. The number of halogens is 4. The molecule has 0 radical (unpaired) electrons. The predicted molar refractivity (Wildman–Crippen MR) is 121 cm³/mol.